The van der Waals surface area contributed by atoms with Crippen molar-refractivity contribution in [3.05, 3.63) is 84.1 Å². The van der Waals surface area contributed by atoms with Crippen molar-refractivity contribution in [3.63, 3.8) is 0 Å². The van der Waals surface area contributed by atoms with Gasteiger partial charge in [0, 0.05) is 18.3 Å². The predicted octanol–water partition coefficient (Wildman–Crippen LogP) is 4.41. The van der Waals surface area contributed by atoms with E-state index >= 15 is 0 Å². The molecule has 2 aromatic carbocycles. The van der Waals surface area contributed by atoms with E-state index in [9.17, 15) is 4.79 Å². The molecule has 3 rings (SSSR count). The van der Waals surface area contributed by atoms with Crippen LogP contribution in [0.15, 0.2) is 72.9 Å². The number of benzene rings is 2. The third-order valence-electron chi connectivity index (χ3n) is 3.81. The van der Waals surface area contributed by atoms with Crippen molar-refractivity contribution in [2.75, 3.05) is 17.3 Å². The zero-order valence-corrected chi connectivity index (χ0v) is 13.7. The molecule has 0 saturated carbocycles. The van der Waals surface area contributed by atoms with Gasteiger partial charge < -0.3 is 10.2 Å². The van der Waals surface area contributed by atoms with E-state index < -0.39 is 0 Å². The summed E-state index contributed by atoms with van der Waals surface area (Å²) in [5, 5.41) is 2.86. The van der Waals surface area contributed by atoms with E-state index in [0.717, 1.165) is 17.1 Å². The Bertz CT molecular complexity index is 812. The largest absolute Gasteiger partial charge is 0.329 e. The smallest absolute Gasteiger partial charge is 0.255 e. The van der Waals surface area contributed by atoms with Crippen LogP contribution in [0.5, 0.6) is 0 Å². The van der Waals surface area contributed by atoms with Crippen LogP contribution >= 0.6 is 0 Å². The molecule has 0 fully saturated rings. The summed E-state index contributed by atoms with van der Waals surface area (Å²) in [6.07, 6.45) is 1.67. The molecule has 1 aromatic heterocycles. The van der Waals surface area contributed by atoms with Gasteiger partial charge in [-0.1, -0.05) is 35.9 Å². The van der Waals surface area contributed by atoms with Gasteiger partial charge in [0.2, 0.25) is 0 Å². The first-order valence-electron chi connectivity index (χ1n) is 7.76. The van der Waals surface area contributed by atoms with Gasteiger partial charge in [0.1, 0.15) is 5.82 Å². The van der Waals surface area contributed by atoms with Gasteiger partial charge in [0.25, 0.3) is 5.91 Å². The molecule has 0 aliphatic heterocycles. The maximum absolute atomic E-state index is 12.2. The van der Waals surface area contributed by atoms with E-state index in [1.807, 2.05) is 85.6 Å². The number of hydrogen-bond acceptors (Lipinski definition) is 3. The maximum atomic E-state index is 12.2. The average molecular weight is 317 g/mol. The molecule has 0 unspecified atom stereocenters. The number of pyridine rings is 1. The van der Waals surface area contributed by atoms with E-state index in [1.165, 1.54) is 0 Å². The first-order valence-corrected chi connectivity index (χ1v) is 7.76. The molecule has 4 nitrogen and oxygen atoms in total. The van der Waals surface area contributed by atoms with E-state index in [-0.39, 0.29) is 5.91 Å². The fourth-order valence-corrected chi connectivity index (χ4v) is 2.35. The number of aromatic nitrogens is 1. The Labute approximate surface area is 141 Å². The van der Waals surface area contributed by atoms with Crippen LogP contribution < -0.4 is 10.2 Å². The van der Waals surface area contributed by atoms with Crippen LogP contribution in [0, 0.1) is 6.92 Å². The van der Waals surface area contributed by atoms with Crippen LogP contribution in [-0.4, -0.2) is 17.9 Å². The minimum absolute atomic E-state index is 0.138. The Morgan fingerprint density at radius 1 is 0.958 bits per heavy atom. The average Bonchev–Trinajstić information content (AvgIpc) is 2.63. The number of carbonyl (C=O) groups is 1. The van der Waals surface area contributed by atoms with Crippen LogP contribution in [0.1, 0.15) is 15.9 Å². The fraction of sp³-hybridized carbons (Fsp3) is 0.100. The van der Waals surface area contributed by atoms with E-state index in [1.54, 1.807) is 6.20 Å². The van der Waals surface area contributed by atoms with E-state index in [4.69, 9.17) is 0 Å². The SMILES string of the molecule is Cc1ccc(C(=O)Nc2ccc(N(C)c3ccccc3)nc2)cc1. The van der Waals surface area contributed by atoms with E-state index in [0.29, 0.717) is 11.3 Å². The quantitative estimate of drug-likeness (QED) is 0.775. The molecule has 3 aromatic rings. The molecule has 0 spiro atoms. The Morgan fingerprint density at radius 3 is 2.29 bits per heavy atom. The third kappa shape index (κ3) is 3.60. The number of hydrogen-bond donors (Lipinski definition) is 1. The van der Waals surface area contributed by atoms with E-state index in [2.05, 4.69) is 10.3 Å². The molecule has 0 atom stereocenters. The lowest BCUT2D eigenvalue weighted by molar-refractivity contribution is 0.102. The summed E-state index contributed by atoms with van der Waals surface area (Å²) in [6, 6.07) is 21.2. The molecule has 120 valence electrons. The summed E-state index contributed by atoms with van der Waals surface area (Å²) >= 11 is 0. The van der Waals surface area contributed by atoms with Gasteiger partial charge in [-0.3, -0.25) is 4.79 Å². The lowest BCUT2D eigenvalue weighted by atomic mass is 10.1. The van der Waals surface area contributed by atoms with Crippen LogP contribution in [0.25, 0.3) is 0 Å². The highest BCUT2D eigenvalue weighted by Crippen LogP contribution is 2.22. The summed E-state index contributed by atoms with van der Waals surface area (Å²) in [5.41, 5.74) is 3.49. The van der Waals surface area contributed by atoms with Gasteiger partial charge >= 0.3 is 0 Å². The molecule has 1 amide bonds. The molecule has 0 bridgehead atoms. The molecule has 0 saturated heterocycles. The fourth-order valence-electron chi connectivity index (χ4n) is 2.35. The molecule has 0 radical (unpaired) electrons. The predicted molar refractivity (Wildman–Crippen MR) is 97.9 cm³/mol. The van der Waals surface area contributed by atoms with Crippen molar-refractivity contribution in [2.24, 2.45) is 0 Å². The first kappa shape index (κ1) is 15.7. The van der Waals surface area contributed by atoms with Gasteiger partial charge in [-0.2, -0.15) is 0 Å². The second-order valence-corrected chi connectivity index (χ2v) is 5.62. The number of nitrogens with one attached hydrogen (secondary N) is 1. The van der Waals surface area contributed by atoms with Gasteiger partial charge in [-0.15, -0.1) is 0 Å². The highest BCUT2D eigenvalue weighted by molar-refractivity contribution is 6.04. The van der Waals surface area contributed by atoms with Crippen molar-refractivity contribution in [1.82, 2.24) is 4.98 Å². The van der Waals surface area contributed by atoms with Crippen LogP contribution in [-0.2, 0) is 0 Å². The first-order chi connectivity index (χ1) is 11.6. The number of nitrogens with zero attached hydrogens (tertiary/aromatic N) is 2. The van der Waals surface area contributed by atoms with Gasteiger partial charge in [0.05, 0.1) is 11.9 Å². The lowest BCUT2D eigenvalue weighted by Gasteiger charge is -2.18. The Hall–Kier alpha value is -3.14. The molecule has 1 N–H and O–H groups in total. The highest BCUT2D eigenvalue weighted by atomic mass is 16.1. The van der Waals surface area contributed by atoms with Crippen molar-refractivity contribution < 1.29 is 4.79 Å². The zero-order valence-electron chi connectivity index (χ0n) is 13.7. The molecule has 0 aliphatic rings. The molecule has 0 aliphatic carbocycles. The summed E-state index contributed by atoms with van der Waals surface area (Å²) in [5.74, 6) is 0.676. The monoisotopic (exact) mass is 317 g/mol. The second-order valence-electron chi connectivity index (χ2n) is 5.62. The number of anilines is 3. The van der Waals surface area contributed by atoms with Crippen LogP contribution in [0.2, 0.25) is 0 Å². The number of para-hydroxylation sites is 1. The van der Waals surface area contributed by atoms with Gasteiger partial charge in [0.15, 0.2) is 0 Å². The molecular weight excluding hydrogens is 298 g/mol. The maximum Gasteiger partial charge on any atom is 0.255 e. The van der Waals surface area contributed by atoms with Crippen LogP contribution in [0.4, 0.5) is 17.2 Å². The minimum atomic E-state index is -0.138. The third-order valence-corrected chi connectivity index (χ3v) is 3.81. The number of amides is 1. The summed E-state index contributed by atoms with van der Waals surface area (Å²) in [4.78, 5) is 18.6. The molecular formula is C20H19N3O. The van der Waals surface area contributed by atoms with Crippen molar-refractivity contribution in [1.29, 1.82) is 0 Å². The summed E-state index contributed by atoms with van der Waals surface area (Å²) in [7, 11) is 1.96. The zero-order chi connectivity index (χ0) is 16.9. The van der Waals surface area contributed by atoms with Crippen molar-refractivity contribution >= 4 is 23.1 Å². The highest BCUT2D eigenvalue weighted by Gasteiger charge is 2.08. The topological polar surface area (TPSA) is 45.2 Å². The Balaban J connectivity index is 1.70. The minimum Gasteiger partial charge on any atom is -0.329 e. The van der Waals surface area contributed by atoms with Crippen molar-refractivity contribution in [3.8, 4) is 0 Å². The molecule has 24 heavy (non-hydrogen) atoms. The molecule has 4 heteroatoms. The second kappa shape index (κ2) is 6.96. The van der Waals surface area contributed by atoms with Crippen molar-refractivity contribution in [2.45, 2.75) is 6.92 Å². The lowest BCUT2D eigenvalue weighted by Crippen LogP contribution is -2.13. The number of aryl methyl sites for hydroxylation is 1. The number of rotatable bonds is 4. The number of carbonyl (C=O) groups excluding carboxylic acids is 1. The van der Waals surface area contributed by atoms with Gasteiger partial charge in [-0.05, 0) is 43.3 Å². The van der Waals surface area contributed by atoms with Gasteiger partial charge in [-0.25, -0.2) is 4.98 Å². The normalized spacial score (nSPS) is 10.2. The molecule has 1 heterocycles. The summed E-state index contributed by atoms with van der Waals surface area (Å²) < 4.78 is 0. The Kier molecular flexibility index (Phi) is 4.57. The van der Waals surface area contributed by atoms with Crippen LogP contribution in [0.3, 0.4) is 0 Å². The standard InChI is InChI=1S/C20H19N3O/c1-15-8-10-16(11-9-15)20(24)22-17-12-13-19(21-14-17)23(2)18-6-4-3-5-7-18/h3-14H,1-2H3,(H,22,24). The summed E-state index contributed by atoms with van der Waals surface area (Å²) in [6.45, 7) is 1.99. The Morgan fingerprint density at radius 2 is 1.67 bits per heavy atom.